The number of nitrogens with two attached hydrogens (primary N) is 1. The molecule has 0 spiro atoms. The lowest BCUT2D eigenvalue weighted by Gasteiger charge is -2.11. The van der Waals surface area contributed by atoms with Gasteiger partial charge in [-0.25, -0.2) is 4.39 Å². The fraction of sp³-hybridized carbons (Fsp3) is 0.0714. The van der Waals surface area contributed by atoms with E-state index in [2.05, 4.69) is 0 Å². The van der Waals surface area contributed by atoms with Crippen LogP contribution in [0, 0.1) is 12.7 Å². The molecule has 0 unspecified atom stereocenters. The Hall–Kier alpha value is -1.65. The molecule has 2 aromatic carbocycles. The van der Waals surface area contributed by atoms with Crippen LogP contribution < -0.4 is 10.5 Å². The summed E-state index contributed by atoms with van der Waals surface area (Å²) in [6.07, 6.45) is 0. The van der Waals surface area contributed by atoms with E-state index in [0.717, 1.165) is 0 Å². The van der Waals surface area contributed by atoms with Gasteiger partial charge in [-0.05, 0) is 48.9 Å². The highest BCUT2D eigenvalue weighted by Crippen LogP contribution is 2.31. The zero-order valence-corrected chi connectivity index (χ0v) is 11.7. The van der Waals surface area contributed by atoms with Crippen molar-refractivity contribution < 1.29 is 9.13 Å². The molecule has 0 aromatic heterocycles. The topological polar surface area (TPSA) is 35.2 Å². The van der Waals surface area contributed by atoms with Gasteiger partial charge in [0.2, 0.25) is 0 Å². The molecule has 5 heteroatoms. The van der Waals surface area contributed by atoms with Crippen molar-refractivity contribution in [2.45, 2.75) is 6.92 Å². The van der Waals surface area contributed by atoms with Gasteiger partial charge in [0.25, 0.3) is 0 Å². The molecule has 0 aliphatic heterocycles. The van der Waals surface area contributed by atoms with Crippen LogP contribution in [0.25, 0.3) is 0 Å². The minimum absolute atomic E-state index is 0.270. The molecule has 98 valence electrons. The van der Waals surface area contributed by atoms with Crippen LogP contribution in [0.3, 0.4) is 0 Å². The third-order valence-electron chi connectivity index (χ3n) is 2.57. The average Bonchev–Trinajstić information content (AvgIpc) is 2.34. The van der Waals surface area contributed by atoms with Gasteiger partial charge in [0.1, 0.15) is 22.3 Å². The van der Waals surface area contributed by atoms with Crippen LogP contribution in [-0.4, -0.2) is 4.99 Å². The molecule has 2 nitrogen and oxygen atoms in total. The van der Waals surface area contributed by atoms with Crippen LogP contribution in [0.4, 0.5) is 4.39 Å². The van der Waals surface area contributed by atoms with Crippen molar-refractivity contribution in [2.75, 3.05) is 0 Å². The lowest BCUT2D eigenvalue weighted by Crippen LogP contribution is -2.08. The van der Waals surface area contributed by atoms with E-state index in [1.807, 2.05) is 0 Å². The van der Waals surface area contributed by atoms with Crippen molar-refractivity contribution in [1.82, 2.24) is 0 Å². The van der Waals surface area contributed by atoms with Gasteiger partial charge in [0.05, 0.1) is 5.02 Å². The number of benzene rings is 2. The number of thiocarbonyl (C=S) groups is 1. The largest absolute Gasteiger partial charge is 0.456 e. The summed E-state index contributed by atoms with van der Waals surface area (Å²) in [5.41, 5.74) is 6.88. The number of hydrogen-bond acceptors (Lipinski definition) is 2. The smallest absolute Gasteiger partial charge is 0.146 e. The van der Waals surface area contributed by atoms with Crippen molar-refractivity contribution in [2.24, 2.45) is 5.73 Å². The molecule has 0 saturated carbocycles. The number of halogens is 2. The molecule has 0 bridgehead atoms. The van der Waals surface area contributed by atoms with Crippen LogP contribution in [-0.2, 0) is 0 Å². The molecule has 0 fully saturated rings. The highest BCUT2D eigenvalue weighted by Gasteiger charge is 2.08. The molecule has 0 saturated heterocycles. The van der Waals surface area contributed by atoms with Crippen LogP contribution in [0.5, 0.6) is 11.5 Å². The second-order valence-corrected chi connectivity index (χ2v) is 4.87. The fourth-order valence-electron chi connectivity index (χ4n) is 1.58. The third-order valence-corrected chi connectivity index (χ3v) is 3.10. The van der Waals surface area contributed by atoms with E-state index in [9.17, 15) is 4.39 Å². The van der Waals surface area contributed by atoms with Crippen LogP contribution in [0.15, 0.2) is 36.4 Å². The summed E-state index contributed by atoms with van der Waals surface area (Å²) in [7, 11) is 0. The predicted octanol–water partition coefficient (Wildman–Crippen LogP) is 4.21. The second-order valence-electron chi connectivity index (χ2n) is 4.02. The lowest BCUT2D eigenvalue weighted by molar-refractivity contribution is 0.477. The Kier molecular flexibility index (Phi) is 4.02. The molecule has 0 amide bonds. The highest BCUT2D eigenvalue weighted by molar-refractivity contribution is 7.80. The normalized spacial score (nSPS) is 10.3. The summed E-state index contributed by atoms with van der Waals surface area (Å²) < 4.78 is 18.6. The van der Waals surface area contributed by atoms with Crippen LogP contribution >= 0.6 is 23.8 Å². The molecule has 0 aliphatic carbocycles. The zero-order valence-electron chi connectivity index (χ0n) is 10.1. The van der Waals surface area contributed by atoms with Gasteiger partial charge in [0.15, 0.2) is 0 Å². The van der Waals surface area contributed by atoms with E-state index in [4.69, 9.17) is 34.3 Å². The minimum Gasteiger partial charge on any atom is -0.456 e. The van der Waals surface area contributed by atoms with Crippen molar-refractivity contribution in [3.63, 3.8) is 0 Å². The monoisotopic (exact) mass is 295 g/mol. The van der Waals surface area contributed by atoms with Gasteiger partial charge in [-0.3, -0.25) is 0 Å². The Morgan fingerprint density at radius 1 is 1.21 bits per heavy atom. The molecule has 0 aliphatic rings. The Labute approximate surface area is 120 Å². The Morgan fingerprint density at radius 3 is 2.47 bits per heavy atom. The first-order chi connectivity index (χ1) is 8.97. The van der Waals surface area contributed by atoms with E-state index >= 15 is 0 Å². The Bertz CT molecular complexity index is 645. The third kappa shape index (κ3) is 3.22. The van der Waals surface area contributed by atoms with Crippen molar-refractivity contribution in [3.8, 4) is 11.5 Å². The highest BCUT2D eigenvalue weighted by atomic mass is 35.5. The van der Waals surface area contributed by atoms with E-state index in [0.29, 0.717) is 27.6 Å². The van der Waals surface area contributed by atoms with Gasteiger partial charge < -0.3 is 10.5 Å². The molecular formula is C14H11ClFNOS. The predicted molar refractivity (Wildman–Crippen MR) is 78.6 cm³/mol. The second kappa shape index (κ2) is 5.55. The minimum atomic E-state index is -0.306. The summed E-state index contributed by atoms with van der Waals surface area (Å²) in [6, 6.07) is 9.33. The maximum Gasteiger partial charge on any atom is 0.146 e. The maximum absolute atomic E-state index is 13.0. The molecule has 0 heterocycles. The van der Waals surface area contributed by atoms with E-state index < -0.39 is 0 Å². The molecule has 2 N–H and O–H groups in total. The first-order valence-corrected chi connectivity index (χ1v) is 6.29. The average molecular weight is 296 g/mol. The number of aryl methyl sites for hydroxylation is 1. The lowest BCUT2D eigenvalue weighted by atomic mass is 10.2. The van der Waals surface area contributed by atoms with Gasteiger partial charge in [-0.1, -0.05) is 23.8 Å². The summed E-state index contributed by atoms with van der Waals surface area (Å²) in [6.45, 7) is 1.76. The SMILES string of the molecule is Cc1cc(F)ccc1Oc1ccc(C(N)=S)cc1Cl. The van der Waals surface area contributed by atoms with Gasteiger partial charge in [-0.2, -0.15) is 0 Å². The summed E-state index contributed by atoms with van der Waals surface area (Å²) in [5, 5.41) is 0.397. The zero-order chi connectivity index (χ0) is 14.0. The molecule has 0 radical (unpaired) electrons. The van der Waals surface area contributed by atoms with E-state index in [-0.39, 0.29) is 10.8 Å². The molecule has 2 rings (SSSR count). The van der Waals surface area contributed by atoms with Gasteiger partial charge in [-0.15, -0.1) is 0 Å². The molecular weight excluding hydrogens is 285 g/mol. The van der Waals surface area contributed by atoms with Crippen LogP contribution in [0.1, 0.15) is 11.1 Å². The fourth-order valence-corrected chi connectivity index (χ4v) is 1.93. The number of hydrogen-bond donors (Lipinski definition) is 1. The van der Waals surface area contributed by atoms with Crippen LogP contribution in [0.2, 0.25) is 5.02 Å². The standard InChI is InChI=1S/C14H11ClFNOS/c1-8-6-10(16)3-5-12(8)18-13-4-2-9(14(17)19)7-11(13)15/h2-7H,1H3,(H2,17,19). The maximum atomic E-state index is 13.0. The van der Waals surface area contributed by atoms with Crippen molar-refractivity contribution in [1.29, 1.82) is 0 Å². The molecule has 2 aromatic rings. The quantitative estimate of drug-likeness (QED) is 0.861. The summed E-state index contributed by atoms with van der Waals surface area (Å²) in [4.78, 5) is 0.270. The Balaban J connectivity index is 2.31. The number of rotatable bonds is 3. The van der Waals surface area contributed by atoms with E-state index in [1.165, 1.54) is 12.1 Å². The van der Waals surface area contributed by atoms with Gasteiger partial charge >= 0.3 is 0 Å². The van der Waals surface area contributed by atoms with Crippen molar-refractivity contribution in [3.05, 3.63) is 58.4 Å². The summed E-state index contributed by atoms with van der Waals surface area (Å²) >= 11 is 11.0. The number of ether oxygens (including phenoxy) is 1. The van der Waals surface area contributed by atoms with Gasteiger partial charge in [0, 0.05) is 5.56 Å². The first kappa shape index (κ1) is 13.8. The molecule has 19 heavy (non-hydrogen) atoms. The first-order valence-electron chi connectivity index (χ1n) is 5.51. The Morgan fingerprint density at radius 2 is 1.89 bits per heavy atom. The molecule has 0 atom stereocenters. The van der Waals surface area contributed by atoms with Crippen molar-refractivity contribution >= 4 is 28.8 Å². The summed E-state index contributed by atoms with van der Waals surface area (Å²) in [5.74, 6) is 0.711. The van der Waals surface area contributed by atoms with E-state index in [1.54, 1.807) is 31.2 Å².